The summed E-state index contributed by atoms with van der Waals surface area (Å²) in [4.78, 5) is 7.63. The Morgan fingerprint density at radius 2 is 2.00 bits per heavy atom. The Labute approximate surface area is 106 Å². The van der Waals surface area contributed by atoms with Gasteiger partial charge in [0.1, 0.15) is 0 Å². The Morgan fingerprint density at radius 3 is 2.59 bits per heavy atom. The van der Waals surface area contributed by atoms with Gasteiger partial charge in [-0.1, -0.05) is 29.8 Å². The predicted molar refractivity (Wildman–Crippen MR) is 73.3 cm³/mol. The number of rotatable bonds is 4. The highest BCUT2D eigenvalue weighted by molar-refractivity contribution is 7.15. The number of benzene rings is 1. The van der Waals surface area contributed by atoms with Gasteiger partial charge in [0.2, 0.25) is 0 Å². The first-order chi connectivity index (χ1) is 8.19. The molecule has 2 N–H and O–H groups in total. The van der Waals surface area contributed by atoms with Gasteiger partial charge in [-0.25, -0.2) is 4.98 Å². The van der Waals surface area contributed by atoms with Gasteiger partial charge in [-0.2, -0.15) is 0 Å². The van der Waals surface area contributed by atoms with Gasteiger partial charge < -0.3 is 10.6 Å². The summed E-state index contributed by atoms with van der Waals surface area (Å²) in [6.07, 6.45) is 1.85. The number of aromatic nitrogens is 1. The molecule has 1 aromatic heterocycles. The summed E-state index contributed by atoms with van der Waals surface area (Å²) in [6.45, 7) is 3.54. The molecule has 90 valence electrons. The molecule has 0 atom stereocenters. The Balaban J connectivity index is 2.05. The molecular formula is C13H17N3S. The monoisotopic (exact) mass is 247 g/mol. The van der Waals surface area contributed by atoms with Crippen LogP contribution < -0.4 is 10.6 Å². The van der Waals surface area contributed by atoms with E-state index in [4.69, 9.17) is 5.73 Å². The van der Waals surface area contributed by atoms with Crippen molar-refractivity contribution in [2.75, 3.05) is 11.9 Å². The molecule has 0 bridgehead atoms. The lowest BCUT2D eigenvalue weighted by atomic mass is 10.1. The number of aryl methyl sites for hydroxylation is 1. The van der Waals surface area contributed by atoms with E-state index in [1.54, 1.807) is 11.3 Å². The third-order valence-corrected chi connectivity index (χ3v) is 3.74. The lowest BCUT2D eigenvalue weighted by Gasteiger charge is -2.15. The first kappa shape index (κ1) is 12.1. The van der Waals surface area contributed by atoms with Crippen molar-refractivity contribution in [3.63, 3.8) is 0 Å². The van der Waals surface area contributed by atoms with Gasteiger partial charge in [-0.15, -0.1) is 11.3 Å². The van der Waals surface area contributed by atoms with Crippen LogP contribution in [0.3, 0.4) is 0 Å². The SMILES string of the molecule is Cc1ccc(CN(C)c2ncc(CN)s2)cc1. The largest absolute Gasteiger partial charge is 0.347 e. The van der Waals surface area contributed by atoms with E-state index in [0.717, 1.165) is 16.6 Å². The Kier molecular flexibility index (Phi) is 3.76. The molecule has 0 fully saturated rings. The highest BCUT2D eigenvalue weighted by atomic mass is 32.1. The average Bonchev–Trinajstić information content (AvgIpc) is 2.81. The molecule has 0 saturated heterocycles. The van der Waals surface area contributed by atoms with E-state index in [-0.39, 0.29) is 0 Å². The fourth-order valence-electron chi connectivity index (χ4n) is 1.60. The summed E-state index contributed by atoms with van der Waals surface area (Å²) in [7, 11) is 2.05. The highest BCUT2D eigenvalue weighted by Crippen LogP contribution is 2.22. The molecule has 3 nitrogen and oxygen atoms in total. The molecule has 2 aromatic rings. The van der Waals surface area contributed by atoms with E-state index in [0.29, 0.717) is 6.54 Å². The second-order valence-electron chi connectivity index (χ2n) is 4.15. The van der Waals surface area contributed by atoms with Crippen molar-refractivity contribution < 1.29 is 0 Å². The van der Waals surface area contributed by atoms with Crippen LogP contribution in [0.4, 0.5) is 5.13 Å². The van der Waals surface area contributed by atoms with Gasteiger partial charge in [0.15, 0.2) is 5.13 Å². The van der Waals surface area contributed by atoms with Crippen LogP contribution in [0, 0.1) is 6.92 Å². The summed E-state index contributed by atoms with van der Waals surface area (Å²) in [6, 6.07) is 8.58. The number of thiazole rings is 1. The molecule has 0 amide bonds. The molecular weight excluding hydrogens is 230 g/mol. The normalized spacial score (nSPS) is 10.5. The molecule has 0 unspecified atom stereocenters. The quantitative estimate of drug-likeness (QED) is 0.903. The van der Waals surface area contributed by atoms with Crippen LogP contribution in [0.25, 0.3) is 0 Å². The van der Waals surface area contributed by atoms with Gasteiger partial charge in [0, 0.05) is 31.2 Å². The van der Waals surface area contributed by atoms with Gasteiger partial charge in [-0.3, -0.25) is 0 Å². The van der Waals surface area contributed by atoms with E-state index < -0.39 is 0 Å². The fraction of sp³-hybridized carbons (Fsp3) is 0.308. The minimum Gasteiger partial charge on any atom is -0.347 e. The van der Waals surface area contributed by atoms with Crippen LogP contribution in [0.1, 0.15) is 16.0 Å². The van der Waals surface area contributed by atoms with Crippen molar-refractivity contribution in [2.45, 2.75) is 20.0 Å². The zero-order chi connectivity index (χ0) is 12.3. The van der Waals surface area contributed by atoms with Gasteiger partial charge >= 0.3 is 0 Å². The molecule has 4 heteroatoms. The zero-order valence-corrected chi connectivity index (χ0v) is 11.0. The van der Waals surface area contributed by atoms with Crippen molar-refractivity contribution in [2.24, 2.45) is 5.73 Å². The van der Waals surface area contributed by atoms with E-state index >= 15 is 0 Å². The molecule has 1 aromatic carbocycles. The third kappa shape index (κ3) is 3.05. The van der Waals surface area contributed by atoms with Gasteiger partial charge in [-0.05, 0) is 12.5 Å². The first-order valence-corrected chi connectivity index (χ1v) is 6.42. The Morgan fingerprint density at radius 1 is 1.29 bits per heavy atom. The van der Waals surface area contributed by atoms with E-state index in [9.17, 15) is 0 Å². The zero-order valence-electron chi connectivity index (χ0n) is 10.2. The molecule has 17 heavy (non-hydrogen) atoms. The maximum Gasteiger partial charge on any atom is 0.185 e. The second kappa shape index (κ2) is 5.29. The maximum absolute atomic E-state index is 5.58. The van der Waals surface area contributed by atoms with Crippen LogP contribution in [0.5, 0.6) is 0 Å². The Bertz CT molecular complexity index is 476. The number of anilines is 1. The lowest BCUT2D eigenvalue weighted by Crippen LogP contribution is -2.15. The molecule has 1 heterocycles. The minimum atomic E-state index is 0.566. The van der Waals surface area contributed by atoms with Crippen LogP contribution >= 0.6 is 11.3 Å². The van der Waals surface area contributed by atoms with Crippen molar-refractivity contribution in [1.29, 1.82) is 0 Å². The molecule has 0 aliphatic heterocycles. The van der Waals surface area contributed by atoms with E-state index in [1.807, 2.05) is 6.20 Å². The Hall–Kier alpha value is -1.39. The number of hydrogen-bond acceptors (Lipinski definition) is 4. The smallest absolute Gasteiger partial charge is 0.185 e. The maximum atomic E-state index is 5.58. The summed E-state index contributed by atoms with van der Waals surface area (Å²) in [5.74, 6) is 0. The van der Waals surface area contributed by atoms with Crippen molar-refractivity contribution in [3.05, 3.63) is 46.5 Å². The van der Waals surface area contributed by atoms with E-state index in [1.165, 1.54) is 11.1 Å². The molecule has 0 radical (unpaired) electrons. The molecule has 0 aliphatic carbocycles. The number of hydrogen-bond donors (Lipinski definition) is 1. The van der Waals surface area contributed by atoms with Crippen LogP contribution in [0.2, 0.25) is 0 Å². The average molecular weight is 247 g/mol. The molecule has 0 aliphatic rings. The van der Waals surface area contributed by atoms with Crippen LogP contribution in [0.15, 0.2) is 30.5 Å². The third-order valence-electron chi connectivity index (χ3n) is 2.61. The highest BCUT2D eigenvalue weighted by Gasteiger charge is 2.06. The van der Waals surface area contributed by atoms with Gasteiger partial charge in [0.05, 0.1) is 0 Å². The topological polar surface area (TPSA) is 42.2 Å². The molecule has 0 saturated carbocycles. The fourth-order valence-corrected chi connectivity index (χ4v) is 2.35. The summed E-state index contributed by atoms with van der Waals surface area (Å²) < 4.78 is 0. The summed E-state index contributed by atoms with van der Waals surface area (Å²) in [5, 5.41) is 1.02. The van der Waals surface area contributed by atoms with Crippen LogP contribution in [-0.2, 0) is 13.1 Å². The number of nitrogens with zero attached hydrogens (tertiary/aromatic N) is 2. The molecule has 0 spiro atoms. The standard InChI is InChI=1S/C13H17N3S/c1-10-3-5-11(6-4-10)9-16(2)13-15-8-12(7-14)17-13/h3-6,8H,7,9,14H2,1-2H3. The lowest BCUT2D eigenvalue weighted by molar-refractivity contribution is 0.914. The second-order valence-corrected chi connectivity index (χ2v) is 5.25. The molecule has 2 rings (SSSR count). The van der Waals surface area contributed by atoms with Crippen LogP contribution in [-0.4, -0.2) is 12.0 Å². The van der Waals surface area contributed by atoms with E-state index in [2.05, 4.69) is 48.1 Å². The first-order valence-electron chi connectivity index (χ1n) is 5.60. The van der Waals surface area contributed by atoms with Crippen molar-refractivity contribution in [3.8, 4) is 0 Å². The van der Waals surface area contributed by atoms with Crippen molar-refractivity contribution in [1.82, 2.24) is 4.98 Å². The predicted octanol–water partition coefficient (Wildman–Crippen LogP) is 2.55. The van der Waals surface area contributed by atoms with Gasteiger partial charge in [0.25, 0.3) is 0 Å². The summed E-state index contributed by atoms with van der Waals surface area (Å²) >= 11 is 1.65. The van der Waals surface area contributed by atoms with Crippen molar-refractivity contribution >= 4 is 16.5 Å². The summed E-state index contributed by atoms with van der Waals surface area (Å²) in [5.41, 5.74) is 8.17. The minimum absolute atomic E-state index is 0.566. The number of nitrogens with two attached hydrogens (primary N) is 1.